The molecule has 3 aromatic heterocycles. The minimum atomic E-state index is -0.299. The molecule has 5 aromatic rings. The number of anilines is 1. The molecule has 0 saturated heterocycles. The molecule has 1 amide bonds. The van der Waals surface area contributed by atoms with E-state index in [1.165, 1.54) is 11.3 Å². The van der Waals surface area contributed by atoms with Crippen molar-refractivity contribution in [2.24, 2.45) is 0 Å². The number of carbonyl (C=O) groups excluding carboxylic acids is 1. The molecule has 1 aliphatic heterocycles. The van der Waals surface area contributed by atoms with Crippen LogP contribution in [0.5, 0.6) is 11.5 Å². The molecule has 0 atom stereocenters. The Balaban J connectivity index is 1.36. The summed E-state index contributed by atoms with van der Waals surface area (Å²) >= 11 is 1.38. The third-order valence-electron chi connectivity index (χ3n) is 5.19. The van der Waals surface area contributed by atoms with Gasteiger partial charge in [0.05, 0.1) is 21.5 Å². The van der Waals surface area contributed by atoms with E-state index in [0.29, 0.717) is 41.1 Å². The maximum Gasteiger partial charge on any atom is 0.261 e. The molecule has 1 aliphatic rings. The molecule has 0 bridgehead atoms. The molecule has 0 aliphatic carbocycles. The molecule has 0 fully saturated rings. The largest absolute Gasteiger partial charge is 0.486 e. The van der Waals surface area contributed by atoms with Gasteiger partial charge in [-0.25, -0.2) is 9.67 Å². The van der Waals surface area contributed by atoms with Crippen LogP contribution in [0.15, 0.2) is 73.2 Å². The molecule has 0 spiro atoms. The van der Waals surface area contributed by atoms with Crippen LogP contribution in [0.4, 0.5) is 5.13 Å². The van der Waals surface area contributed by atoms with Gasteiger partial charge in [0.1, 0.15) is 18.9 Å². The van der Waals surface area contributed by atoms with Crippen molar-refractivity contribution in [1.82, 2.24) is 19.7 Å². The van der Waals surface area contributed by atoms with Crippen molar-refractivity contribution in [3.8, 4) is 28.4 Å². The number of ether oxygens (including phenoxy) is 2. The van der Waals surface area contributed by atoms with Gasteiger partial charge in [0, 0.05) is 36.3 Å². The number of rotatable bonds is 4. The van der Waals surface area contributed by atoms with Crippen LogP contribution in [-0.2, 0) is 0 Å². The number of benzene rings is 2. The zero-order chi connectivity index (χ0) is 22.2. The first-order valence-corrected chi connectivity index (χ1v) is 11.1. The van der Waals surface area contributed by atoms with Crippen molar-refractivity contribution < 1.29 is 14.3 Å². The smallest absolute Gasteiger partial charge is 0.261 e. The minimum absolute atomic E-state index is 0.299. The van der Waals surface area contributed by atoms with Crippen LogP contribution >= 0.6 is 11.3 Å². The third-order valence-corrected chi connectivity index (χ3v) is 6.12. The van der Waals surface area contributed by atoms with Crippen LogP contribution in [0.2, 0.25) is 0 Å². The summed E-state index contributed by atoms with van der Waals surface area (Å²) < 4.78 is 13.9. The Hall–Kier alpha value is -4.24. The molecule has 0 unspecified atom stereocenters. The number of fused-ring (bicyclic) bond motifs is 2. The van der Waals surface area contributed by atoms with Gasteiger partial charge in [0.25, 0.3) is 5.91 Å². The van der Waals surface area contributed by atoms with E-state index in [2.05, 4.69) is 20.4 Å². The quantitative estimate of drug-likeness (QED) is 0.427. The summed E-state index contributed by atoms with van der Waals surface area (Å²) in [4.78, 5) is 22.1. The summed E-state index contributed by atoms with van der Waals surface area (Å²) in [7, 11) is 0. The van der Waals surface area contributed by atoms with Gasteiger partial charge < -0.3 is 9.47 Å². The SMILES string of the molecule is O=C(Nc1nc2cc3c(cc2s1)OCCO3)c1cn(-c2ccccc2)nc1-c1cccnc1. The number of nitrogens with zero attached hydrogens (tertiary/aromatic N) is 4. The molecule has 1 N–H and O–H groups in total. The Morgan fingerprint density at radius 2 is 1.85 bits per heavy atom. The first kappa shape index (κ1) is 19.4. The second-order valence-electron chi connectivity index (χ2n) is 7.35. The van der Waals surface area contributed by atoms with Crippen LogP contribution in [-0.4, -0.2) is 38.9 Å². The summed E-state index contributed by atoms with van der Waals surface area (Å²) in [5.74, 6) is 1.06. The number of nitrogens with one attached hydrogen (secondary N) is 1. The van der Waals surface area contributed by atoms with Gasteiger partial charge in [-0.3, -0.25) is 15.1 Å². The molecular weight excluding hydrogens is 438 g/mol. The Kier molecular flexibility index (Phi) is 4.73. The molecule has 0 radical (unpaired) electrons. The maximum atomic E-state index is 13.3. The zero-order valence-corrected chi connectivity index (χ0v) is 18.1. The van der Waals surface area contributed by atoms with E-state index < -0.39 is 0 Å². The Morgan fingerprint density at radius 3 is 2.64 bits per heavy atom. The first-order valence-electron chi connectivity index (χ1n) is 10.3. The Morgan fingerprint density at radius 1 is 1.03 bits per heavy atom. The monoisotopic (exact) mass is 455 g/mol. The lowest BCUT2D eigenvalue weighted by Crippen LogP contribution is -2.15. The Labute approximate surface area is 192 Å². The molecule has 9 heteroatoms. The molecule has 162 valence electrons. The highest BCUT2D eigenvalue weighted by molar-refractivity contribution is 7.22. The van der Waals surface area contributed by atoms with E-state index in [9.17, 15) is 4.79 Å². The van der Waals surface area contributed by atoms with Crippen LogP contribution in [0, 0.1) is 0 Å². The van der Waals surface area contributed by atoms with Gasteiger partial charge in [0.15, 0.2) is 16.6 Å². The van der Waals surface area contributed by atoms with Crippen LogP contribution in [0.3, 0.4) is 0 Å². The fourth-order valence-corrected chi connectivity index (χ4v) is 4.52. The lowest BCUT2D eigenvalue weighted by Gasteiger charge is -2.17. The van der Waals surface area contributed by atoms with Crippen molar-refractivity contribution in [2.75, 3.05) is 18.5 Å². The number of para-hydroxylation sites is 1. The average Bonchev–Trinajstić information content (AvgIpc) is 3.47. The standard InChI is InChI=1S/C24H17N5O3S/c30-23(27-24-26-18-11-19-20(12-21(18)33-24)32-10-9-31-19)17-14-29(16-6-2-1-3-7-16)28-22(17)15-5-4-8-25-13-15/h1-8,11-14H,9-10H2,(H,26,27,30). The van der Waals surface area contributed by atoms with Crippen molar-refractivity contribution in [1.29, 1.82) is 0 Å². The number of hydrogen-bond donors (Lipinski definition) is 1. The molecular formula is C24H17N5O3S. The fraction of sp³-hybridized carbons (Fsp3) is 0.0833. The van der Waals surface area contributed by atoms with E-state index in [1.54, 1.807) is 23.3 Å². The number of aromatic nitrogens is 4. The molecule has 8 nitrogen and oxygen atoms in total. The van der Waals surface area contributed by atoms with Crippen molar-refractivity contribution >= 4 is 32.6 Å². The summed E-state index contributed by atoms with van der Waals surface area (Å²) in [5, 5.41) is 8.09. The van der Waals surface area contributed by atoms with Crippen LogP contribution < -0.4 is 14.8 Å². The van der Waals surface area contributed by atoms with Gasteiger partial charge in [-0.2, -0.15) is 5.10 Å². The zero-order valence-electron chi connectivity index (χ0n) is 17.3. The number of thiazole rings is 1. The minimum Gasteiger partial charge on any atom is -0.486 e. The molecule has 33 heavy (non-hydrogen) atoms. The van der Waals surface area contributed by atoms with Crippen LogP contribution in [0.1, 0.15) is 10.4 Å². The van der Waals surface area contributed by atoms with Gasteiger partial charge >= 0.3 is 0 Å². The summed E-state index contributed by atoms with van der Waals surface area (Å²) in [6.07, 6.45) is 5.10. The molecule has 6 rings (SSSR count). The average molecular weight is 455 g/mol. The maximum absolute atomic E-state index is 13.3. The predicted molar refractivity (Wildman–Crippen MR) is 125 cm³/mol. The van der Waals surface area contributed by atoms with Gasteiger partial charge in [-0.15, -0.1) is 0 Å². The van der Waals surface area contributed by atoms with Crippen molar-refractivity contribution in [3.63, 3.8) is 0 Å². The number of pyridine rings is 1. The van der Waals surface area contributed by atoms with E-state index >= 15 is 0 Å². The van der Waals surface area contributed by atoms with Crippen LogP contribution in [0.25, 0.3) is 27.2 Å². The fourth-order valence-electron chi connectivity index (χ4n) is 3.65. The number of amides is 1. The van der Waals surface area contributed by atoms with Gasteiger partial charge in [-0.05, 0) is 24.3 Å². The first-order chi connectivity index (χ1) is 16.2. The lowest BCUT2D eigenvalue weighted by atomic mass is 10.1. The Bertz CT molecular complexity index is 1420. The van der Waals surface area contributed by atoms with E-state index in [1.807, 2.05) is 54.6 Å². The molecule has 2 aromatic carbocycles. The lowest BCUT2D eigenvalue weighted by molar-refractivity contribution is 0.102. The van der Waals surface area contributed by atoms with E-state index in [4.69, 9.17) is 9.47 Å². The summed E-state index contributed by atoms with van der Waals surface area (Å²) in [5.41, 5.74) is 3.32. The van der Waals surface area contributed by atoms with E-state index in [-0.39, 0.29) is 5.91 Å². The normalized spacial score (nSPS) is 12.6. The number of carbonyl (C=O) groups is 1. The second-order valence-corrected chi connectivity index (χ2v) is 8.38. The third kappa shape index (κ3) is 3.68. The topological polar surface area (TPSA) is 91.2 Å². The predicted octanol–water partition coefficient (Wildman–Crippen LogP) is 4.57. The molecule has 0 saturated carbocycles. The highest BCUT2D eigenvalue weighted by Gasteiger charge is 2.21. The molecule has 4 heterocycles. The second kappa shape index (κ2) is 8.03. The van der Waals surface area contributed by atoms with Crippen molar-refractivity contribution in [3.05, 3.63) is 78.8 Å². The highest BCUT2D eigenvalue weighted by Crippen LogP contribution is 2.38. The van der Waals surface area contributed by atoms with Gasteiger partial charge in [0.2, 0.25) is 0 Å². The summed E-state index contributed by atoms with van der Waals surface area (Å²) in [6, 6.07) is 17.1. The number of hydrogen-bond acceptors (Lipinski definition) is 7. The summed E-state index contributed by atoms with van der Waals surface area (Å²) in [6.45, 7) is 1.03. The highest BCUT2D eigenvalue weighted by atomic mass is 32.1. The van der Waals surface area contributed by atoms with E-state index in [0.717, 1.165) is 21.5 Å². The van der Waals surface area contributed by atoms with Gasteiger partial charge in [-0.1, -0.05) is 29.5 Å². The van der Waals surface area contributed by atoms with Crippen molar-refractivity contribution in [2.45, 2.75) is 0 Å².